The van der Waals surface area contributed by atoms with Crippen LogP contribution in [0.4, 0.5) is 5.69 Å². The fourth-order valence-electron chi connectivity index (χ4n) is 3.42. The smallest absolute Gasteiger partial charge is 0.0896 e. The Morgan fingerprint density at radius 3 is 2.70 bits per heavy atom. The molecule has 0 aromatic heterocycles. The zero-order valence-electron chi connectivity index (χ0n) is 11.1. The van der Waals surface area contributed by atoms with Crippen molar-refractivity contribution in [3.63, 3.8) is 0 Å². The lowest BCUT2D eigenvalue weighted by Gasteiger charge is -2.36. The molecule has 2 aliphatic rings. The van der Waals surface area contributed by atoms with Crippen LogP contribution < -0.4 is 5.32 Å². The Kier molecular flexibility index (Phi) is 3.04. The Bertz CT molecular complexity index is 625. The molecule has 1 fully saturated rings. The van der Waals surface area contributed by atoms with Crippen molar-refractivity contribution < 1.29 is 4.74 Å². The van der Waals surface area contributed by atoms with Crippen molar-refractivity contribution in [1.29, 1.82) is 0 Å². The summed E-state index contributed by atoms with van der Waals surface area (Å²) in [5.41, 5.74) is 3.86. The molecule has 0 aliphatic carbocycles. The Morgan fingerprint density at radius 1 is 1.05 bits per heavy atom. The topological polar surface area (TPSA) is 21.3 Å². The minimum Gasteiger partial charge on any atom is -0.378 e. The molecule has 2 aromatic rings. The van der Waals surface area contributed by atoms with E-state index in [1.165, 1.54) is 16.8 Å². The van der Waals surface area contributed by atoms with Gasteiger partial charge in [-0.25, -0.2) is 0 Å². The highest BCUT2D eigenvalue weighted by Gasteiger charge is 2.41. The molecule has 2 aliphatic heterocycles. The average Bonchev–Trinajstić information content (AvgIpc) is 2.97. The van der Waals surface area contributed by atoms with Gasteiger partial charge in [-0.1, -0.05) is 46.3 Å². The number of para-hydroxylation sites is 1. The van der Waals surface area contributed by atoms with Gasteiger partial charge >= 0.3 is 0 Å². The first-order valence-electron chi connectivity index (χ1n) is 7.05. The van der Waals surface area contributed by atoms with Crippen LogP contribution in [-0.4, -0.2) is 6.61 Å². The molecule has 3 atom stereocenters. The molecule has 0 bridgehead atoms. The van der Waals surface area contributed by atoms with E-state index in [0.29, 0.717) is 12.0 Å². The van der Waals surface area contributed by atoms with Crippen molar-refractivity contribution >= 4 is 21.6 Å². The highest BCUT2D eigenvalue weighted by Crippen LogP contribution is 2.49. The Morgan fingerprint density at radius 2 is 1.85 bits per heavy atom. The number of rotatable bonds is 1. The zero-order valence-corrected chi connectivity index (χ0v) is 12.6. The number of ether oxygens (including phenoxy) is 1. The van der Waals surface area contributed by atoms with Gasteiger partial charge in [0.2, 0.25) is 0 Å². The summed E-state index contributed by atoms with van der Waals surface area (Å²) in [6.45, 7) is 0.859. The van der Waals surface area contributed by atoms with Gasteiger partial charge in [-0.05, 0) is 30.2 Å². The van der Waals surface area contributed by atoms with Crippen LogP contribution in [0.1, 0.15) is 29.7 Å². The van der Waals surface area contributed by atoms with E-state index in [1.807, 2.05) is 0 Å². The summed E-state index contributed by atoms with van der Waals surface area (Å²) in [5.74, 6) is 0.520. The van der Waals surface area contributed by atoms with E-state index in [4.69, 9.17) is 4.74 Å². The molecule has 4 rings (SSSR count). The maximum absolute atomic E-state index is 6.01. The highest BCUT2D eigenvalue weighted by molar-refractivity contribution is 9.10. The van der Waals surface area contributed by atoms with Crippen LogP contribution in [-0.2, 0) is 4.74 Å². The van der Waals surface area contributed by atoms with Gasteiger partial charge in [0, 0.05) is 28.2 Å². The fourth-order valence-corrected chi connectivity index (χ4v) is 3.68. The first-order chi connectivity index (χ1) is 9.83. The molecule has 0 spiro atoms. The average molecular weight is 330 g/mol. The van der Waals surface area contributed by atoms with Crippen LogP contribution >= 0.6 is 15.9 Å². The summed E-state index contributed by atoms with van der Waals surface area (Å²) in [6, 6.07) is 17.5. The maximum Gasteiger partial charge on any atom is 0.0896 e. The summed E-state index contributed by atoms with van der Waals surface area (Å²) in [6.07, 6.45) is 1.35. The van der Waals surface area contributed by atoms with Crippen molar-refractivity contribution in [2.75, 3.05) is 11.9 Å². The molecule has 2 heterocycles. The molecule has 0 unspecified atom stereocenters. The largest absolute Gasteiger partial charge is 0.378 e. The molecule has 2 nitrogen and oxygen atoms in total. The number of hydrogen-bond donors (Lipinski definition) is 1. The van der Waals surface area contributed by atoms with Crippen LogP contribution in [0.15, 0.2) is 53.0 Å². The molecule has 0 amide bonds. The number of benzene rings is 2. The van der Waals surface area contributed by atoms with Crippen molar-refractivity contribution in [1.82, 2.24) is 0 Å². The number of fused-ring (bicyclic) bond motifs is 3. The molecular weight excluding hydrogens is 314 g/mol. The molecule has 20 heavy (non-hydrogen) atoms. The molecule has 2 aromatic carbocycles. The van der Waals surface area contributed by atoms with Gasteiger partial charge in [0.15, 0.2) is 0 Å². The Hall–Kier alpha value is -1.32. The summed E-state index contributed by atoms with van der Waals surface area (Å²) in [4.78, 5) is 0. The molecule has 0 saturated carbocycles. The third-order valence-corrected chi connectivity index (χ3v) is 4.90. The van der Waals surface area contributed by atoms with E-state index in [-0.39, 0.29) is 6.10 Å². The van der Waals surface area contributed by atoms with E-state index in [0.717, 1.165) is 17.5 Å². The fraction of sp³-hybridized carbons (Fsp3) is 0.294. The summed E-state index contributed by atoms with van der Waals surface area (Å²) in [5, 5.41) is 3.71. The van der Waals surface area contributed by atoms with Crippen molar-refractivity contribution in [2.24, 2.45) is 5.92 Å². The van der Waals surface area contributed by atoms with Gasteiger partial charge in [0.25, 0.3) is 0 Å². The van der Waals surface area contributed by atoms with Crippen LogP contribution in [0.2, 0.25) is 0 Å². The first-order valence-corrected chi connectivity index (χ1v) is 7.85. The standard InChI is InChI=1S/C17H16BrNO/c18-12-7-5-11(6-8-12)16-14-9-10-20-17(14)13-3-1-2-4-15(13)19-16/h1-8,14,16-17,19H,9-10H2/t14-,16+,17+/m1/s1. The van der Waals surface area contributed by atoms with Gasteiger partial charge in [0.1, 0.15) is 0 Å². The number of anilines is 1. The lowest BCUT2D eigenvalue weighted by atomic mass is 9.81. The van der Waals surface area contributed by atoms with Crippen LogP contribution in [0.5, 0.6) is 0 Å². The molecule has 102 valence electrons. The van der Waals surface area contributed by atoms with Crippen molar-refractivity contribution in [2.45, 2.75) is 18.6 Å². The minimum atomic E-state index is 0.237. The van der Waals surface area contributed by atoms with E-state index in [9.17, 15) is 0 Å². The molecular formula is C17H16BrNO. The Labute approximate surface area is 127 Å². The third kappa shape index (κ3) is 1.97. The molecule has 3 heteroatoms. The van der Waals surface area contributed by atoms with Gasteiger partial charge in [0.05, 0.1) is 12.1 Å². The number of hydrogen-bond acceptors (Lipinski definition) is 2. The van der Waals surface area contributed by atoms with E-state index in [1.54, 1.807) is 0 Å². The second-order valence-electron chi connectivity index (χ2n) is 5.50. The minimum absolute atomic E-state index is 0.237. The maximum atomic E-state index is 6.01. The predicted molar refractivity (Wildman–Crippen MR) is 83.7 cm³/mol. The van der Waals surface area contributed by atoms with E-state index >= 15 is 0 Å². The molecule has 1 N–H and O–H groups in total. The summed E-state index contributed by atoms with van der Waals surface area (Å²) >= 11 is 3.51. The van der Waals surface area contributed by atoms with Crippen molar-refractivity contribution in [3.8, 4) is 0 Å². The normalized spacial score (nSPS) is 27.6. The summed E-state index contributed by atoms with van der Waals surface area (Å²) < 4.78 is 7.13. The summed E-state index contributed by atoms with van der Waals surface area (Å²) in [7, 11) is 0. The lowest BCUT2D eigenvalue weighted by Crippen LogP contribution is -2.29. The third-order valence-electron chi connectivity index (χ3n) is 4.37. The van der Waals surface area contributed by atoms with Crippen LogP contribution in [0, 0.1) is 5.92 Å². The molecule has 0 radical (unpaired) electrons. The quantitative estimate of drug-likeness (QED) is 0.819. The van der Waals surface area contributed by atoms with Crippen LogP contribution in [0.25, 0.3) is 0 Å². The van der Waals surface area contributed by atoms with Crippen molar-refractivity contribution in [3.05, 3.63) is 64.1 Å². The zero-order chi connectivity index (χ0) is 13.5. The monoisotopic (exact) mass is 329 g/mol. The van der Waals surface area contributed by atoms with Gasteiger partial charge in [-0.2, -0.15) is 0 Å². The number of nitrogens with one attached hydrogen (secondary N) is 1. The van der Waals surface area contributed by atoms with E-state index < -0.39 is 0 Å². The van der Waals surface area contributed by atoms with Gasteiger partial charge < -0.3 is 10.1 Å². The SMILES string of the molecule is Brc1ccc([C@@H]2Nc3ccccc3[C@@H]3OCC[C@H]23)cc1. The number of halogens is 1. The van der Waals surface area contributed by atoms with Crippen LogP contribution in [0.3, 0.4) is 0 Å². The van der Waals surface area contributed by atoms with Gasteiger partial charge in [-0.3, -0.25) is 0 Å². The lowest BCUT2D eigenvalue weighted by molar-refractivity contribution is 0.0829. The first kappa shape index (κ1) is 12.4. The Balaban J connectivity index is 1.76. The van der Waals surface area contributed by atoms with Gasteiger partial charge in [-0.15, -0.1) is 0 Å². The second-order valence-corrected chi connectivity index (χ2v) is 6.42. The molecule has 1 saturated heterocycles. The second kappa shape index (κ2) is 4.90. The van der Waals surface area contributed by atoms with E-state index in [2.05, 4.69) is 69.8 Å². The highest BCUT2D eigenvalue weighted by atomic mass is 79.9. The predicted octanol–water partition coefficient (Wildman–Crippen LogP) is 4.69.